The van der Waals surface area contributed by atoms with Gasteiger partial charge in [-0.3, -0.25) is 4.79 Å². The molecule has 12 heavy (non-hydrogen) atoms. The molecule has 74 valence electrons. The number of hydrogen-bond donors (Lipinski definition) is 0. The summed E-state index contributed by atoms with van der Waals surface area (Å²) >= 11 is 0. The first-order valence-electron chi connectivity index (χ1n) is 4.46. The minimum atomic E-state index is 0.174. The lowest BCUT2D eigenvalue weighted by Crippen LogP contribution is -2.34. The Morgan fingerprint density at radius 3 is 1.83 bits per heavy atom. The van der Waals surface area contributed by atoms with Crippen LogP contribution in [-0.4, -0.2) is 49.9 Å². The lowest BCUT2D eigenvalue weighted by Gasteiger charge is -2.16. The molecular formula is C9H22N2O. The minimum absolute atomic E-state index is 0.174. The number of nitrogens with zero attached hydrogens (tertiary/aromatic N) is 2. The van der Waals surface area contributed by atoms with Crippen LogP contribution in [0.2, 0.25) is 0 Å². The molecule has 0 spiro atoms. The van der Waals surface area contributed by atoms with Crippen LogP contribution in [-0.2, 0) is 4.79 Å². The molecule has 0 fully saturated rings. The number of likely N-dealkylation sites (N-methyl/N-ethyl adjacent to an activating group) is 2. The van der Waals surface area contributed by atoms with E-state index in [0.717, 1.165) is 6.54 Å². The van der Waals surface area contributed by atoms with Crippen molar-refractivity contribution in [2.75, 3.05) is 34.2 Å². The summed E-state index contributed by atoms with van der Waals surface area (Å²) in [5, 5.41) is 0. The molecule has 0 N–H and O–H groups in total. The van der Waals surface area contributed by atoms with E-state index in [1.165, 1.54) is 0 Å². The fourth-order valence-electron chi connectivity index (χ4n) is 0.568. The summed E-state index contributed by atoms with van der Waals surface area (Å²) < 4.78 is 0. The van der Waals surface area contributed by atoms with Crippen molar-refractivity contribution in [3.63, 3.8) is 0 Å². The Balaban J connectivity index is 0. The zero-order valence-corrected chi connectivity index (χ0v) is 9.22. The summed E-state index contributed by atoms with van der Waals surface area (Å²) in [5.41, 5.74) is 0. The molecule has 0 unspecified atom stereocenters. The van der Waals surface area contributed by atoms with Gasteiger partial charge in [0.2, 0.25) is 5.91 Å². The van der Waals surface area contributed by atoms with Crippen molar-refractivity contribution in [3.05, 3.63) is 0 Å². The summed E-state index contributed by atoms with van der Waals surface area (Å²) in [6.45, 7) is 7.25. The van der Waals surface area contributed by atoms with E-state index in [2.05, 4.69) is 0 Å². The van der Waals surface area contributed by atoms with Gasteiger partial charge in [-0.25, -0.2) is 0 Å². The van der Waals surface area contributed by atoms with E-state index in [0.29, 0.717) is 6.54 Å². The molecule has 0 aromatic rings. The molecule has 0 rings (SSSR count). The zero-order chi connectivity index (χ0) is 10.1. The number of rotatable bonds is 3. The van der Waals surface area contributed by atoms with Gasteiger partial charge >= 0.3 is 0 Å². The van der Waals surface area contributed by atoms with Crippen molar-refractivity contribution in [2.24, 2.45) is 0 Å². The number of carbonyl (C=O) groups excluding carboxylic acids is 1. The smallest absolute Gasteiger partial charge is 0.236 e. The maximum absolute atomic E-state index is 11.1. The van der Waals surface area contributed by atoms with Gasteiger partial charge < -0.3 is 9.80 Å². The van der Waals surface area contributed by atoms with Gasteiger partial charge in [-0.05, 0) is 21.0 Å². The van der Waals surface area contributed by atoms with Crippen LogP contribution in [0.15, 0.2) is 0 Å². The second-order valence-corrected chi connectivity index (χ2v) is 2.65. The van der Waals surface area contributed by atoms with Crippen molar-refractivity contribution in [2.45, 2.75) is 20.8 Å². The molecule has 0 aliphatic heterocycles. The van der Waals surface area contributed by atoms with Crippen molar-refractivity contribution < 1.29 is 4.79 Å². The first-order chi connectivity index (χ1) is 5.57. The molecule has 0 saturated heterocycles. The van der Waals surface area contributed by atoms with Gasteiger partial charge in [0.15, 0.2) is 0 Å². The number of amides is 1. The highest BCUT2D eigenvalue weighted by molar-refractivity contribution is 5.77. The molecular weight excluding hydrogens is 152 g/mol. The molecule has 0 radical (unpaired) electrons. The highest BCUT2D eigenvalue weighted by Gasteiger charge is 2.05. The maximum Gasteiger partial charge on any atom is 0.236 e. The van der Waals surface area contributed by atoms with Crippen molar-refractivity contribution in [1.29, 1.82) is 0 Å². The van der Waals surface area contributed by atoms with E-state index in [1.54, 1.807) is 4.90 Å². The van der Waals surface area contributed by atoms with E-state index in [4.69, 9.17) is 0 Å². The largest absolute Gasteiger partial charge is 0.345 e. The summed E-state index contributed by atoms with van der Waals surface area (Å²) in [6, 6.07) is 0. The maximum atomic E-state index is 11.1. The molecule has 0 saturated carbocycles. The second-order valence-electron chi connectivity index (χ2n) is 2.65. The number of carbonyl (C=O) groups is 1. The predicted octanol–water partition coefficient (Wildman–Crippen LogP) is 1.05. The van der Waals surface area contributed by atoms with Gasteiger partial charge in [-0.1, -0.05) is 13.8 Å². The van der Waals surface area contributed by atoms with Crippen LogP contribution in [0.25, 0.3) is 0 Å². The monoisotopic (exact) mass is 174 g/mol. The molecule has 0 aliphatic carbocycles. The van der Waals surface area contributed by atoms with Crippen LogP contribution < -0.4 is 0 Å². The van der Waals surface area contributed by atoms with E-state index in [9.17, 15) is 4.79 Å². The Hall–Kier alpha value is -0.570. The molecule has 0 heterocycles. The first-order valence-corrected chi connectivity index (χ1v) is 4.46. The SMILES string of the molecule is CC.CCN(C)C(=O)CN(C)C. The van der Waals surface area contributed by atoms with Gasteiger partial charge in [0.25, 0.3) is 0 Å². The van der Waals surface area contributed by atoms with Gasteiger partial charge in [0.1, 0.15) is 0 Å². The van der Waals surface area contributed by atoms with Crippen LogP contribution in [0.5, 0.6) is 0 Å². The van der Waals surface area contributed by atoms with Gasteiger partial charge in [0, 0.05) is 13.6 Å². The minimum Gasteiger partial charge on any atom is -0.345 e. The Kier molecular flexibility index (Phi) is 9.93. The Morgan fingerprint density at radius 1 is 1.17 bits per heavy atom. The third kappa shape index (κ3) is 7.54. The average molecular weight is 174 g/mol. The van der Waals surface area contributed by atoms with Gasteiger partial charge in [-0.15, -0.1) is 0 Å². The van der Waals surface area contributed by atoms with Crippen molar-refractivity contribution in [1.82, 2.24) is 9.80 Å². The fourth-order valence-corrected chi connectivity index (χ4v) is 0.568. The summed E-state index contributed by atoms with van der Waals surface area (Å²) in [6.07, 6.45) is 0. The van der Waals surface area contributed by atoms with Crippen LogP contribution >= 0.6 is 0 Å². The van der Waals surface area contributed by atoms with Crippen LogP contribution in [0.1, 0.15) is 20.8 Å². The zero-order valence-electron chi connectivity index (χ0n) is 9.22. The molecule has 0 aromatic carbocycles. The topological polar surface area (TPSA) is 23.6 Å². The van der Waals surface area contributed by atoms with E-state index < -0.39 is 0 Å². The fraction of sp³-hybridized carbons (Fsp3) is 0.889. The molecule has 3 nitrogen and oxygen atoms in total. The summed E-state index contributed by atoms with van der Waals surface area (Å²) in [5.74, 6) is 0.174. The highest BCUT2D eigenvalue weighted by Crippen LogP contribution is 1.84. The Labute approximate surface area is 76.3 Å². The lowest BCUT2D eigenvalue weighted by molar-refractivity contribution is -0.130. The molecule has 1 amide bonds. The standard InChI is InChI=1S/C7H16N2O.C2H6/c1-5-9(4)7(10)6-8(2)3;1-2/h5-6H2,1-4H3;1-2H3. The van der Waals surface area contributed by atoms with Crippen LogP contribution in [0.4, 0.5) is 0 Å². The van der Waals surface area contributed by atoms with Crippen LogP contribution in [0, 0.1) is 0 Å². The first kappa shape index (κ1) is 14.0. The highest BCUT2D eigenvalue weighted by atomic mass is 16.2. The molecule has 3 heteroatoms. The van der Waals surface area contributed by atoms with Crippen molar-refractivity contribution >= 4 is 5.91 Å². The third-order valence-corrected chi connectivity index (χ3v) is 1.35. The second kappa shape index (κ2) is 8.53. The van der Waals surface area contributed by atoms with E-state index in [1.807, 2.05) is 46.8 Å². The van der Waals surface area contributed by atoms with E-state index in [-0.39, 0.29) is 5.91 Å². The summed E-state index contributed by atoms with van der Waals surface area (Å²) in [7, 11) is 5.59. The normalized spacial score (nSPS) is 8.92. The predicted molar refractivity (Wildman–Crippen MR) is 53.2 cm³/mol. The quantitative estimate of drug-likeness (QED) is 0.638. The third-order valence-electron chi connectivity index (χ3n) is 1.35. The summed E-state index contributed by atoms with van der Waals surface area (Å²) in [4.78, 5) is 14.6. The molecule has 0 aliphatic rings. The van der Waals surface area contributed by atoms with Crippen LogP contribution in [0.3, 0.4) is 0 Å². The Morgan fingerprint density at radius 2 is 1.58 bits per heavy atom. The molecule has 0 aromatic heterocycles. The van der Waals surface area contributed by atoms with Crippen molar-refractivity contribution in [3.8, 4) is 0 Å². The van der Waals surface area contributed by atoms with E-state index >= 15 is 0 Å². The average Bonchev–Trinajstić information content (AvgIpc) is 2.05. The Bertz CT molecular complexity index is 113. The molecule has 0 bridgehead atoms. The number of hydrogen-bond acceptors (Lipinski definition) is 2. The lowest BCUT2D eigenvalue weighted by atomic mass is 10.5. The van der Waals surface area contributed by atoms with Gasteiger partial charge in [-0.2, -0.15) is 0 Å². The molecule has 0 atom stereocenters. The van der Waals surface area contributed by atoms with Gasteiger partial charge in [0.05, 0.1) is 6.54 Å².